The molecule has 6 heteroatoms. The van der Waals surface area contributed by atoms with E-state index in [1.165, 1.54) is 4.88 Å². The quantitative estimate of drug-likeness (QED) is 0.890. The Morgan fingerprint density at radius 2 is 2.18 bits per heavy atom. The van der Waals surface area contributed by atoms with Gasteiger partial charge in [0, 0.05) is 17.1 Å². The summed E-state index contributed by atoms with van der Waals surface area (Å²) in [7, 11) is 0. The molecule has 22 heavy (non-hydrogen) atoms. The third kappa shape index (κ3) is 3.22. The molecule has 0 radical (unpaired) electrons. The van der Waals surface area contributed by atoms with E-state index in [4.69, 9.17) is 5.11 Å². The van der Waals surface area contributed by atoms with E-state index in [0.29, 0.717) is 25.1 Å². The van der Waals surface area contributed by atoms with Crippen molar-refractivity contribution < 1.29 is 14.7 Å². The van der Waals surface area contributed by atoms with Gasteiger partial charge in [0.05, 0.1) is 12.5 Å². The molecule has 116 valence electrons. The summed E-state index contributed by atoms with van der Waals surface area (Å²) < 4.78 is 1.92. The maximum Gasteiger partial charge on any atom is 0.306 e. The number of hydrogen-bond donors (Lipinski definition) is 2. The van der Waals surface area contributed by atoms with E-state index in [1.54, 1.807) is 17.4 Å². The smallest absolute Gasteiger partial charge is 0.306 e. The average Bonchev–Trinajstić information content (AvgIpc) is 3.19. The highest BCUT2D eigenvalue weighted by molar-refractivity contribution is 7.09. The zero-order chi connectivity index (χ0) is 15.5. The summed E-state index contributed by atoms with van der Waals surface area (Å²) in [6, 6.07) is 7.65. The van der Waals surface area contributed by atoms with E-state index in [0.717, 1.165) is 6.42 Å². The van der Waals surface area contributed by atoms with Crippen molar-refractivity contribution in [2.75, 3.05) is 0 Å². The van der Waals surface area contributed by atoms with Gasteiger partial charge in [-0.2, -0.15) is 0 Å². The van der Waals surface area contributed by atoms with Gasteiger partial charge in [-0.15, -0.1) is 11.3 Å². The number of rotatable bonds is 5. The van der Waals surface area contributed by atoms with Crippen LogP contribution < -0.4 is 5.32 Å². The van der Waals surface area contributed by atoms with E-state index in [-0.39, 0.29) is 17.9 Å². The van der Waals surface area contributed by atoms with Gasteiger partial charge in [0.1, 0.15) is 5.69 Å². The molecule has 1 fully saturated rings. The molecule has 2 heterocycles. The summed E-state index contributed by atoms with van der Waals surface area (Å²) in [5, 5.41) is 14.0. The minimum atomic E-state index is -0.766. The first-order valence-corrected chi connectivity index (χ1v) is 8.22. The molecule has 0 bridgehead atoms. The molecular weight excluding hydrogens is 300 g/mol. The van der Waals surface area contributed by atoms with Gasteiger partial charge in [-0.05, 0) is 42.8 Å². The molecule has 0 aliphatic heterocycles. The van der Waals surface area contributed by atoms with Crippen LogP contribution in [-0.2, 0) is 11.3 Å². The number of aromatic nitrogens is 1. The monoisotopic (exact) mass is 318 g/mol. The van der Waals surface area contributed by atoms with Gasteiger partial charge in [-0.25, -0.2) is 0 Å². The minimum Gasteiger partial charge on any atom is -0.481 e. The molecule has 2 atom stereocenters. The molecule has 3 rings (SSSR count). The summed E-state index contributed by atoms with van der Waals surface area (Å²) in [6.07, 6.45) is 3.78. The number of carboxylic acids is 1. The molecule has 2 aromatic rings. The lowest BCUT2D eigenvalue weighted by molar-refractivity contribution is -0.141. The molecule has 1 amide bonds. The Morgan fingerprint density at radius 1 is 1.32 bits per heavy atom. The Kier molecular flexibility index (Phi) is 4.29. The lowest BCUT2D eigenvalue weighted by Crippen LogP contribution is -2.34. The van der Waals surface area contributed by atoms with Crippen molar-refractivity contribution >= 4 is 23.2 Å². The van der Waals surface area contributed by atoms with Crippen LogP contribution in [0.1, 0.15) is 34.6 Å². The molecule has 2 aromatic heterocycles. The standard InChI is InChI=1S/C16H18N2O3S/c19-15(17-12-6-5-11(9-12)16(20)21)14-4-1-7-18(14)10-13-3-2-8-22-13/h1-4,7-8,11-12H,5-6,9-10H2,(H,17,19)(H,20,21)/t11-,12+/m1/s1. The highest BCUT2D eigenvalue weighted by Crippen LogP contribution is 2.26. The van der Waals surface area contributed by atoms with Crippen LogP contribution in [0.5, 0.6) is 0 Å². The molecule has 1 aliphatic carbocycles. The van der Waals surface area contributed by atoms with Crippen molar-refractivity contribution in [3.63, 3.8) is 0 Å². The van der Waals surface area contributed by atoms with Crippen molar-refractivity contribution in [1.82, 2.24) is 9.88 Å². The summed E-state index contributed by atoms with van der Waals surface area (Å²) in [4.78, 5) is 24.6. The molecule has 0 saturated heterocycles. The van der Waals surface area contributed by atoms with Crippen LogP contribution in [0, 0.1) is 5.92 Å². The van der Waals surface area contributed by atoms with E-state index in [2.05, 4.69) is 5.32 Å². The first-order chi connectivity index (χ1) is 10.6. The fraction of sp³-hybridized carbons (Fsp3) is 0.375. The number of carbonyl (C=O) groups excluding carboxylic acids is 1. The van der Waals surface area contributed by atoms with Gasteiger partial charge >= 0.3 is 5.97 Å². The van der Waals surface area contributed by atoms with Gasteiger partial charge in [0.25, 0.3) is 5.91 Å². The molecule has 0 spiro atoms. The van der Waals surface area contributed by atoms with Crippen LogP contribution in [0.15, 0.2) is 35.8 Å². The summed E-state index contributed by atoms with van der Waals surface area (Å²) in [5.74, 6) is -1.22. The largest absolute Gasteiger partial charge is 0.481 e. The topological polar surface area (TPSA) is 71.3 Å². The molecular formula is C16H18N2O3S. The third-order valence-electron chi connectivity index (χ3n) is 4.09. The van der Waals surface area contributed by atoms with Crippen LogP contribution in [0.3, 0.4) is 0 Å². The first kappa shape index (κ1) is 14.8. The van der Waals surface area contributed by atoms with Crippen LogP contribution in [0.4, 0.5) is 0 Å². The maximum absolute atomic E-state index is 12.4. The fourth-order valence-electron chi connectivity index (χ4n) is 2.92. The van der Waals surface area contributed by atoms with Gasteiger partial charge in [0.2, 0.25) is 0 Å². The molecule has 1 saturated carbocycles. The Labute approximate surface area is 132 Å². The fourth-order valence-corrected chi connectivity index (χ4v) is 3.63. The van der Waals surface area contributed by atoms with Crippen molar-refractivity contribution in [3.05, 3.63) is 46.4 Å². The number of aliphatic carboxylic acids is 1. The van der Waals surface area contributed by atoms with E-state index >= 15 is 0 Å². The zero-order valence-electron chi connectivity index (χ0n) is 12.1. The van der Waals surface area contributed by atoms with E-state index < -0.39 is 5.97 Å². The highest BCUT2D eigenvalue weighted by atomic mass is 32.1. The minimum absolute atomic E-state index is 0.0429. The van der Waals surface area contributed by atoms with Gasteiger partial charge in [-0.1, -0.05) is 6.07 Å². The number of carbonyl (C=O) groups is 2. The predicted octanol–water partition coefficient (Wildman–Crippen LogP) is 2.58. The van der Waals surface area contributed by atoms with E-state index in [1.807, 2.05) is 34.3 Å². The second-order valence-corrected chi connectivity index (χ2v) is 6.65. The average molecular weight is 318 g/mol. The summed E-state index contributed by atoms with van der Waals surface area (Å²) in [5.41, 5.74) is 0.618. The maximum atomic E-state index is 12.4. The van der Waals surface area contributed by atoms with Gasteiger partial charge < -0.3 is 15.0 Å². The Morgan fingerprint density at radius 3 is 2.86 bits per heavy atom. The molecule has 5 nitrogen and oxygen atoms in total. The van der Waals surface area contributed by atoms with Gasteiger partial charge in [-0.3, -0.25) is 9.59 Å². The SMILES string of the molecule is O=C(N[C@H]1CC[C@@H](C(=O)O)C1)c1cccn1Cc1cccs1. The summed E-state index contributed by atoms with van der Waals surface area (Å²) >= 11 is 1.66. The van der Waals surface area contributed by atoms with Crippen LogP contribution in [0.2, 0.25) is 0 Å². The normalized spacial score (nSPS) is 20.9. The van der Waals surface area contributed by atoms with Crippen molar-refractivity contribution in [1.29, 1.82) is 0 Å². The molecule has 2 N–H and O–H groups in total. The second-order valence-electron chi connectivity index (χ2n) is 5.62. The van der Waals surface area contributed by atoms with Gasteiger partial charge in [0.15, 0.2) is 0 Å². The number of thiophene rings is 1. The first-order valence-electron chi connectivity index (χ1n) is 7.34. The van der Waals surface area contributed by atoms with Crippen molar-refractivity contribution in [2.24, 2.45) is 5.92 Å². The molecule has 0 aromatic carbocycles. The Balaban J connectivity index is 1.64. The lowest BCUT2D eigenvalue weighted by Gasteiger charge is -2.14. The lowest BCUT2D eigenvalue weighted by atomic mass is 10.1. The number of nitrogens with zero attached hydrogens (tertiary/aromatic N) is 1. The number of amides is 1. The second kappa shape index (κ2) is 6.36. The molecule has 0 unspecified atom stereocenters. The van der Waals surface area contributed by atoms with Crippen LogP contribution in [-0.4, -0.2) is 27.6 Å². The molecule has 1 aliphatic rings. The number of carboxylic acid groups (broad SMARTS) is 1. The predicted molar refractivity (Wildman–Crippen MR) is 84.1 cm³/mol. The number of hydrogen-bond acceptors (Lipinski definition) is 3. The van der Waals surface area contributed by atoms with Crippen molar-refractivity contribution in [3.8, 4) is 0 Å². The van der Waals surface area contributed by atoms with Crippen LogP contribution in [0.25, 0.3) is 0 Å². The third-order valence-corrected chi connectivity index (χ3v) is 4.95. The zero-order valence-corrected chi connectivity index (χ0v) is 12.9. The Bertz CT molecular complexity index is 663. The Hall–Kier alpha value is -2.08. The van der Waals surface area contributed by atoms with E-state index in [9.17, 15) is 9.59 Å². The van der Waals surface area contributed by atoms with Crippen molar-refractivity contribution in [2.45, 2.75) is 31.8 Å². The summed E-state index contributed by atoms with van der Waals surface area (Å²) in [6.45, 7) is 0.676. The highest BCUT2D eigenvalue weighted by Gasteiger charge is 2.31. The van der Waals surface area contributed by atoms with Crippen LogP contribution >= 0.6 is 11.3 Å². The number of nitrogens with one attached hydrogen (secondary N) is 1.